The Morgan fingerprint density at radius 1 is 1.23 bits per heavy atom. The van der Waals surface area contributed by atoms with Crippen LogP contribution in [0.2, 0.25) is 0 Å². The van der Waals surface area contributed by atoms with E-state index in [0.29, 0.717) is 0 Å². The monoisotopic (exact) mass is 289 g/mol. The normalized spacial score (nSPS) is 25.0. The van der Waals surface area contributed by atoms with Crippen molar-refractivity contribution in [3.63, 3.8) is 0 Å². The maximum atomic E-state index is 5.80. The molecule has 1 aliphatic heterocycles. The molecule has 0 aliphatic carbocycles. The van der Waals surface area contributed by atoms with Gasteiger partial charge in [-0.15, -0.1) is 0 Å². The van der Waals surface area contributed by atoms with Gasteiger partial charge in [-0.05, 0) is 12.1 Å². The lowest BCUT2D eigenvalue weighted by Gasteiger charge is -2.14. The summed E-state index contributed by atoms with van der Waals surface area (Å²) in [5.41, 5.74) is 6.99. The highest BCUT2D eigenvalue weighted by molar-refractivity contribution is 5.29. The lowest BCUT2D eigenvalue weighted by Crippen LogP contribution is -3.09. The molecule has 0 aromatic heterocycles. The molecular weight excluding hydrogens is 277 g/mol. The van der Waals surface area contributed by atoms with E-state index in [-0.39, 0.29) is 30.3 Å². The van der Waals surface area contributed by atoms with Crippen LogP contribution < -0.4 is 39.9 Å². The summed E-state index contributed by atoms with van der Waals surface area (Å²) in [5.74, 6) is 0. The number of hydrogen-bond donors (Lipinski definition) is 3. The van der Waals surface area contributed by atoms with Gasteiger partial charge in [0.05, 0.1) is 6.20 Å². The number of hydrogen-bond acceptors (Lipinski definition) is 2. The summed E-state index contributed by atoms with van der Waals surface area (Å²) in [4.78, 5) is 1.15. The van der Waals surface area contributed by atoms with Crippen molar-refractivity contribution >= 4 is 5.69 Å². The summed E-state index contributed by atoms with van der Waals surface area (Å²) in [6.07, 6.45) is 3.85. The summed E-state index contributed by atoms with van der Waals surface area (Å²) in [6.45, 7) is 0. The zero-order valence-corrected chi connectivity index (χ0v) is 9.23. The topological polar surface area (TPSA) is 42.5 Å². The lowest BCUT2D eigenvalue weighted by atomic mass is 10.3. The van der Waals surface area contributed by atoms with Crippen molar-refractivity contribution in [2.24, 2.45) is 5.73 Å². The highest BCUT2D eigenvalue weighted by Crippen LogP contribution is 1.99. The van der Waals surface area contributed by atoms with Crippen LogP contribution in [0.3, 0.4) is 0 Å². The highest BCUT2D eigenvalue weighted by Gasteiger charge is 2.20. The zero-order chi connectivity index (χ0) is 8.39. The number of rotatable bonds is 1. The van der Waals surface area contributed by atoms with Crippen LogP contribution in [0.25, 0.3) is 0 Å². The van der Waals surface area contributed by atoms with Gasteiger partial charge >= 0.3 is 0 Å². The van der Waals surface area contributed by atoms with Crippen molar-refractivity contribution in [3.05, 3.63) is 42.7 Å². The van der Waals surface area contributed by atoms with Gasteiger partial charge in [-0.2, -0.15) is 0 Å². The first-order chi connectivity index (χ1) is 5.88. The van der Waals surface area contributed by atoms with Crippen LogP contribution in [-0.4, -0.2) is 6.29 Å². The minimum atomic E-state index is -0.0487. The van der Waals surface area contributed by atoms with Gasteiger partial charge in [0.25, 0.3) is 0 Å². The first-order valence-electron chi connectivity index (χ1n) is 3.98. The summed E-state index contributed by atoms with van der Waals surface area (Å²) >= 11 is 0. The number of para-hydroxylation sites is 1. The fourth-order valence-electron chi connectivity index (χ4n) is 1.34. The average molecular weight is 289 g/mol. The van der Waals surface area contributed by atoms with Gasteiger partial charge in [0, 0.05) is 0 Å². The van der Waals surface area contributed by atoms with Crippen molar-refractivity contribution in [1.29, 1.82) is 0 Å². The van der Waals surface area contributed by atoms with Gasteiger partial charge in [0.1, 0.15) is 11.9 Å². The Kier molecular flexibility index (Phi) is 3.71. The van der Waals surface area contributed by atoms with Crippen molar-refractivity contribution in [1.82, 2.24) is 5.32 Å². The molecule has 70 valence electrons. The van der Waals surface area contributed by atoms with Crippen molar-refractivity contribution < 1.29 is 28.9 Å². The minimum Gasteiger partial charge on any atom is -1.00 e. The van der Waals surface area contributed by atoms with Crippen LogP contribution in [0.15, 0.2) is 42.7 Å². The van der Waals surface area contributed by atoms with Crippen LogP contribution >= 0.6 is 0 Å². The lowest BCUT2D eigenvalue weighted by molar-refractivity contribution is -0.801. The maximum Gasteiger partial charge on any atom is 0.225 e. The Hall–Kier alpha value is -0.590. The van der Waals surface area contributed by atoms with E-state index in [4.69, 9.17) is 5.73 Å². The van der Waals surface area contributed by atoms with E-state index >= 15 is 0 Å². The van der Waals surface area contributed by atoms with E-state index in [1.54, 1.807) is 0 Å². The summed E-state index contributed by atoms with van der Waals surface area (Å²) in [6, 6.07) is 10.2. The molecule has 2 atom stereocenters. The summed E-state index contributed by atoms with van der Waals surface area (Å²) < 4.78 is 0. The third-order valence-electron chi connectivity index (χ3n) is 1.98. The summed E-state index contributed by atoms with van der Waals surface area (Å²) in [7, 11) is 0. The molecule has 0 spiro atoms. The molecule has 1 aromatic rings. The molecule has 2 unspecified atom stereocenters. The molecule has 4 heteroatoms. The molecule has 1 aliphatic rings. The molecule has 3 nitrogen and oxygen atoms in total. The fourth-order valence-corrected chi connectivity index (χ4v) is 1.34. The van der Waals surface area contributed by atoms with E-state index < -0.39 is 0 Å². The Morgan fingerprint density at radius 2 is 1.92 bits per heavy atom. The Morgan fingerprint density at radius 3 is 2.46 bits per heavy atom. The maximum absolute atomic E-state index is 5.80. The minimum absolute atomic E-state index is 0. The van der Waals surface area contributed by atoms with Gasteiger partial charge in [0.15, 0.2) is 0 Å². The molecule has 0 radical (unpaired) electrons. The number of halogens is 1. The number of quaternary nitrogens is 1. The van der Waals surface area contributed by atoms with E-state index in [9.17, 15) is 0 Å². The van der Waals surface area contributed by atoms with Gasteiger partial charge in [-0.25, -0.2) is 4.90 Å². The largest absolute Gasteiger partial charge is 1.00 e. The second-order valence-corrected chi connectivity index (χ2v) is 2.80. The molecule has 1 heterocycles. The Labute approximate surface area is 94.6 Å². The molecule has 0 fully saturated rings. The predicted molar refractivity (Wildman–Crippen MR) is 47.3 cm³/mol. The first kappa shape index (κ1) is 10.5. The number of benzene rings is 1. The number of nitrogens with one attached hydrogen (secondary N) is 2. The molecule has 0 saturated heterocycles. The standard InChI is InChI=1S/C9H11N3.HI/c10-9-11-6-7-12(9)8-4-2-1-3-5-8;/h1-7,9,11H,10H2;1H. The second kappa shape index (κ2) is 4.59. The molecule has 13 heavy (non-hydrogen) atoms. The Bertz CT molecular complexity index is 286. The summed E-state index contributed by atoms with van der Waals surface area (Å²) in [5, 5.41) is 3.03. The van der Waals surface area contributed by atoms with Crippen molar-refractivity contribution in [2.75, 3.05) is 0 Å². The van der Waals surface area contributed by atoms with Gasteiger partial charge in [0.2, 0.25) is 6.29 Å². The SMILES string of the molecule is NC1NC=C[NH+]1c1ccccc1.[I-]. The van der Waals surface area contributed by atoms with Crippen LogP contribution in [0, 0.1) is 0 Å². The molecule has 0 bridgehead atoms. The van der Waals surface area contributed by atoms with E-state index in [0.717, 1.165) is 4.90 Å². The molecule has 0 amide bonds. The quantitative estimate of drug-likeness (QED) is 0.470. The fraction of sp³-hybridized carbons (Fsp3) is 0.111. The van der Waals surface area contributed by atoms with E-state index in [2.05, 4.69) is 17.4 Å². The van der Waals surface area contributed by atoms with E-state index in [1.807, 2.05) is 30.6 Å². The first-order valence-corrected chi connectivity index (χ1v) is 3.98. The van der Waals surface area contributed by atoms with Crippen LogP contribution in [0.5, 0.6) is 0 Å². The number of nitrogens with two attached hydrogens (primary N) is 1. The van der Waals surface area contributed by atoms with Gasteiger partial charge in [-0.1, -0.05) is 18.2 Å². The van der Waals surface area contributed by atoms with Gasteiger partial charge < -0.3 is 29.3 Å². The third kappa shape index (κ3) is 2.20. The van der Waals surface area contributed by atoms with Crippen LogP contribution in [-0.2, 0) is 0 Å². The molecule has 0 saturated carbocycles. The van der Waals surface area contributed by atoms with E-state index in [1.165, 1.54) is 5.69 Å². The predicted octanol–water partition coefficient (Wildman–Crippen LogP) is -3.48. The smallest absolute Gasteiger partial charge is 0.225 e. The Balaban J connectivity index is 0.000000845. The highest BCUT2D eigenvalue weighted by atomic mass is 127. The van der Waals surface area contributed by atoms with Crippen molar-refractivity contribution in [3.8, 4) is 0 Å². The molecule has 1 aromatic carbocycles. The van der Waals surface area contributed by atoms with Gasteiger partial charge in [-0.3, -0.25) is 5.73 Å². The third-order valence-corrected chi connectivity index (χ3v) is 1.98. The molecule has 4 N–H and O–H groups in total. The average Bonchev–Trinajstić information content (AvgIpc) is 2.53. The van der Waals surface area contributed by atoms with Crippen LogP contribution in [0.1, 0.15) is 0 Å². The second-order valence-electron chi connectivity index (χ2n) is 2.80. The van der Waals surface area contributed by atoms with Crippen LogP contribution in [0.4, 0.5) is 5.69 Å². The molecule has 2 rings (SSSR count). The molecular formula is C9H12IN3. The zero-order valence-electron chi connectivity index (χ0n) is 7.07. The van der Waals surface area contributed by atoms with Crippen molar-refractivity contribution in [2.45, 2.75) is 6.29 Å².